The summed E-state index contributed by atoms with van der Waals surface area (Å²) >= 11 is 6.99. The van der Waals surface area contributed by atoms with Gasteiger partial charge in [0.2, 0.25) is 0 Å². The number of ether oxygens (including phenoxy) is 1. The van der Waals surface area contributed by atoms with Crippen LogP contribution >= 0.6 is 31.9 Å². The van der Waals surface area contributed by atoms with Crippen LogP contribution in [0, 0.1) is 0 Å². The van der Waals surface area contributed by atoms with Crippen molar-refractivity contribution < 1.29 is 4.74 Å². The molecule has 0 N–H and O–H groups in total. The first-order valence-electron chi connectivity index (χ1n) is 8.27. The second kappa shape index (κ2) is 7.80. The van der Waals surface area contributed by atoms with Crippen LogP contribution in [0.25, 0.3) is 22.3 Å². The highest BCUT2D eigenvalue weighted by atomic mass is 79.9. The standard InChI is InChI=1S/C21H19Br2NO2/c1-13(2)26-18-6-4-5-14(9-18)19-11-24(3)12-20(21(19)25)15-7-16(22)10-17(23)8-15/h4-13H,1-3H3. The zero-order chi connectivity index (χ0) is 18.8. The second-order valence-electron chi connectivity index (χ2n) is 6.43. The Balaban J connectivity index is 2.16. The summed E-state index contributed by atoms with van der Waals surface area (Å²) in [5.74, 6) is 0.759. The fraction of sp³-hybridized carbons (Fsp3) is 0.190. The molecule has 0 saturated heterocycles. The smallest absolute Gasteiger partial charge is 0.197 e. The third-order valence-corrected chi connectivity index (χ3v) is 4.76. The van der Waals surface area contributed by atoms with E-state index >= 15 is 0 Å². The van der Waals surface area contributed by atoms with E-state index < -0.39 is 0 Å². The molecule has 0 spiro atoms. The molecule has 3 rings (SSSR count). The number of aryl methyl sites for hydroxylation is 1. The van der Waals surface area contributed by atoms with Crippen molar-refractivity contribution in [3.8, 4) is 28.0 Å². The van der Waals surface area contributed by atoms with Gasteiger partial charge in [-0.25, -0.2) is 0 Å². The first kappa shape index (κ1) is 18.9. The van der Waals surface area contributed by atoms with E-state index in [9.17, 15) is 4.79 Å². The summed E-state index contributed by atoms with van der Waals surface area (Å²) in [6.45, 7) is 3.97. The molecule has 0 bridgehead atoms. The first-order chi connectivity index (χ1) is 12.3. The van der Waals surface area contributed by atoms with E-state index in [1.807, 2.05) is 80.3 Å². The lowest BCUT2D eigenvalue weighted by Crippen LogP contribution is -2.12. The van der Waals surface area contributed by atoms with Gasteiger partial charge in [-0.15, -0.1) is 0 Å². The zero-order valence-electron chi connectivity index (χ0n) is 14.8. The van der Waals surface area contributed by atoms with Crippen molar-refractivity contribution >= 4 is 31.9 Å². The molecular formula is C21H19Br2NO2. The number of benzene rings is 2. The maximum atomic E-state index is 13.2. The maximum Gasteiger partial charge on any atom is 0.197 e. The predicted octanol–water partition coefficient (Wildman–Crippen LogP) is 6.03. The number of hydrogen-bond acceptors (Lipinski definition) is 2. The van der Waals surface area contributed by atoms with Crippen LogP contribution < -0.4 is 10.2 Å². The molecule has 0 radical (unpaired) electrons. The van der Waals surface area contributed by atoms with Gasteiger partial charge in [-0.05, 0) is 55.3 Å². The molecule has 0 saturated carbocycles. The minimum absolute atomic E-state index is 0.00482. The average Bonchev–Trinajstić information content (AvgIpc) is 2.55. The van der Waals surface area contributed by atoms with Crippen molar-refractivity contribution in [3.63, 3.8) is 0 Å². The Kier molecular flexibility index (Phi) is 5.68. The van der Waals surface area contributed by atoms with Crippen molar-refractivity contribution in [3.05, 3.63) is 74.0 Å². The van der Waals surface area contributed by atoms with Crippen LogP contribution in [-0.4, -0.2) is 10.7 Å². The third kappa shape index (κ3) is 4.27. The van der Waals surface area contributed by atoms with Crippen LogP contribution in [0.4, 0.5) is 0 Å². The number of hydrogen-bond donors (Lipinski definition) is 0. The molecule has 3 aromatic rings. The molecule has 0 unspecified atom stereocenters. The lowest BCUT2D eigenvalue weighted by atomic mass is 10.0. The Morgan fingerprint density at radius 1 is 0.923 bits per heavy atom. The van der Waals surface area contributed by atoms with Crippen molar-refractivity contribution in [1.29, 1.82) is 0 Å². The van der Waals surface area contributed by atoms with Gasteiger partial charge in [0.05, 0.1) is 6.10 Å². The third-order valence-electron chi connectivity index (χ3n) is 3.85. The molecule has 0 atom stereocenters. The van der Waals surface area contributed by atoms with E-state index in [0.29, 0.717) is 11.1 Å². The molecule has 1 aromatic heterocycles. The second-order valence-corrected chi connectivity index (χ2v) is 8.26. The van der Waals surface area contributed by atoms with E-state index in [0.717, 1.165) is 25.8 Å². The van der Waals surface area contributed by atoms with Crippen LogP contribution in [0.15, 0.2) is 68.6 Å². The highest BCUT2D eigenvalue weighted by Gasteiger charge is 2.13. The van der Waals surface area contributed by atoms with Crippen LogP contribution in [0.2, 0.25) is 0 Å². The van der Waals surface area contributed by atoms with Gasteiger partial charge in [0.15, 0.2) is 5.43 Å². The lowest BCUT2D eigenvalue weighted by Gasteiger charge is -2.13. The van der Waals surface area contributed by atoms with Gasteiger partial charge in [0.1, 0.15) is 5.75 Å². The van der Waals surface area contributed by atoms with E-state index in [1.54, 1.807) is 0 Å². The largest absolute Gasteiger partial charge is 0.491 e. The Labute approximate surface area is 169 Å². The Hall–Kier alpha value is -1.85. The first-order valence-corrected chi connectivity index (χ1v) is 9.86. The SMILES string of the molecule is CC(C)Oc1cccc(-c2cn(C)cc(-c3cc(Br)cc(Br)c3)c2=O)c1. The zero-order valence-corrected chi connectivity index (χ0v) is 18.0. The number of nitrogens with zero attached hydrogens (tertiary/aromatic N) is 1. The van der Waals surface area contributed by atoms with E-state index in [1.165, 1.54) is 0 Å². The fourth-order valence-corrected chi connectivity index (χ4v) is 4.13. The Morgan fingerprint density at radius 3 is 2.15 bits per heavy atom. The minimum atomic E-state index is -0.00482. The molecule has 0 fully saturated rings. The Bertz CT molecular complexity index is 989. The van der Waals surface area contributed by atoms with Gasteiger partial charge in [-0.1, -0.05) is 44.0 Å². The monoisotopic (exact) mass is 475 g/mol. The molecule has 26 heavy (non-hydrogen) atoms. The topological polar surface area (TPSA) is 31.2 Å². The van der Waals surface area contributed by atoms with Gasteiger partial charge in [0.25, 0.3) is 0 Å². The predicted molar refractivity (Wildman–Crippen MR) is 114 cm³/mol. The fourth-order valence-electron chi connectivity index (χ4n) is 2.84. The number of pyridine rings is 1. The van der Waals surface area contributed by atoms with E-state index in [2.05, 4.69) is 31.9 Å². The van der Waals surface area contributed by atoms with Crippen LogP contribution in [-0.2, 0) is 7.05 Å². The summed E-state index contributed by atoms with van der Waals surface area (Å²) in [5, 5.41) is 0. The molecule has 0 amide bonds. The van der Waals surface area contributed by atoms with Gasteiger partial charge in [-0.2, -0.15) is 0 Å². The van der Waals surface area contributed by atoms with Gasteiger partial charge < -0.3 is 9.30 Å². The average molecular weight is 477 g/mol. The molecule has 0 aliphatic rings. The molecule has 0 aliphatic carbocycles. The molecule has 3 nitrogen and oxygen atoms in total. The summed E-state index contributed by atoms with van der Waals surface area (Å²) in [6, 6.07) is 13.5. The van der Waals surface area contributed by atoms with E-state index in [4.69, 9.17) is 4.74 Å². The highest BCUT2D eigenvalue weighted by molar-refractivity contribution is 9.11. The summed E-state index contributed by atoms with van der Waals surface area (Å²) in [6.07, 6.45) is 3.79. The number of rotatable bonds is 4. The normalized spacial score (nSPS) is 11.0. The summed E-state index contributed by atoms with van der Waals surface area (Å²) in [4.78, 5) is 13.2. The Morgan fingerprint density at radius 2 is 1.54 bits per heavy atom. The lowest BCUT2D eigenvalue weighted by molar-refractivity contribution is 0.242. The minimum Gasteiger partial charge on any atom is -0.491 e. The molecule has 1 heterocycles. The van der Waals surface area contributed by atoms with Crippen molar-refractivity contribution in [1.82, 2.24) is 4.57 Å². The molecule has 0 aliphatic heterocycles. The molecule has 2 aromatic carbocycles. The number of halogens is 2. The maximum absolute atomic E-state index is 13.2. The summed E-state index contributed by atoms with van der Waals surface area (Å²) in [5.41, 5.74) is 3.01. The van der Waals surface area contributed by atoms with Crippen molar-refractivity contribution in [2.75, 3.05) is 0 Å². The van der Waals surface area contributed by atoms with Crippen molar-refractivity contribution in [2.45, 2.75) is 20.0 Å². The van der Waals surface area contributed by atoms with Crippen LogP contribution in [0.3, 0.4) is 0 Å². The van der Waals surface area contributed by atoms with Gasteiger partial charge in [-0.3, -0.25) is 4.79 Å². The molecular weight excluding hydrogens is 458 g/mol. The summed E-state index contributed by atoms with van der Waals surface area (Å²) < 4.78 is 9.52. The molecule has 5 heteroatoms. The molecule has 134 valence electrons. The van der Waals surface area contributed by atoms with Crippen LogP contribution in [0.1, 0.15) is 13.8 Å². The van der Waals surface area contributed by atoms with Crippen molar-refractivity contribution in [2.24, 2.45) is 7.05 Å². The summed E-state index contributed by atoms with van der Waals surface area (Å²) in [7, 11) is 1.92. The number of aromatic nitrogens is 1. The van der Waals surface area contributed by atoms with Crippen LogP contribution in [0.5, 0.6) is 5.75 Å². The van der Waals surface area contributed by atoms with Gasteiger partial charge in [0, 0.05) is 39.5 Å². The van der Waals surface area contributed by atoms with Gasteiger partial charge >= 0.3 is 0 Å². The van der Waals surface area contributed by atoms with E-state index in [-0.39, 0.29) is 11.5 Å². The quantitative estimate of drug-likeness (QED) is 0.460. The highest BCUT2D eigenvalue weighted by Crippen LogP contribution is 2.28.